The molecule has 0 saturated heterocycles. The van der Waals surface area contributed by atoms with Crippen LogP contribution in [0.4, 0.5) is 0 Å². The summed E-state index contributed by atoms with van der Waals surface area (Å²) >= 11 is 0. The van der Waals surface area contributed by atoms with Crippen LogP contribution in [0.1, 0.15) is 11.1 Å². The highest BCUT2D eigenvalue weighted by atomic mass is 16.5. The summed E-state index contributed by atoms with van der Waals surface area (Å²) in [7, 11) is 0. The number of hydrogen-bond acceptors (Lipinski definition) is 3. The molecule has 0 amide bonds. The van der Waals surface area contributed by atoms with Crippen molar-refractivity contribution in [3.05, 3.63) is 42.0 Å². The molecule has 1 N–H and O–H groups in total. The van der Waals surface area contributed by atoms with Gasteiger partial charge in [-0.2, -0.15) is 0 Å². The van der Waals surface area contributed by atoms with Gasteiger partial charge in [-0.1, -0.05) is 23.8 Å². The molecule has 1 aromatic carbocycles. The van der Waals surface area contributed by atoms with E-state index in [1.165, 1.54) is 11.1 Å². The number of hydrogen-bond donors (Lipinski definition) is 1. The molecule has 0 aliphatic carbocycles. The van der Waals surface area contributed by atoms with Crippen molar-refractivity contribution in [2.75, 3.05) is 26.2 Å². The fourth-order valence-corrected chi connectivity index (χ4v) is 2.42. The first kappa shape index (κ1) is 13.1. The van der Waals surface area contributed by atoms with Gasteiger partial charge in [0.2, 0.25) is 0 Å². The van der Waals surface area contributed by atoms with E-state index in [1.807, 2.05) is 6.08 Å². The highest BCUT2D eigenvalue weighted by molar-refractivity contribution is 5.40. The number of aliphatic hydroxyl groups excluding tert-OH is 1. The maximum absolute atomic E-state index is 9.03. The van der Waals surface area contributed by atoms with Crippen LogP contribution in [0.25, 0.3) is 0 Å². The maximum Gasteiger partial charge on any atom is 0.123 e. The zero-order chi connectivity index (χ0) is 13.0. The quantitative estimate of drug-likeness (QED) is 0.778. The van der Waals surface area contributed by atoms with Crippen LogP contribution >= 0.6 is 0 Å². The summed E-state index contributed by atoms with van der Waals surface area (Å²) in [5.74, 6) is 1.01. The Labute approximate surface area is 109 Å². The Morgan fingerprint density at radius 3 is 3.11 bits per heavy atom. The minimum Gasteiger partial charge on any atom is -0.488 e. The predicted octanol–water partition coefficient (Wildman–Crippen LogP) is 1.78. The minimum absolute atomic E-state index is 0.173. The Hall–Kier alpha value is -1.32. The summed E-state index contributed by atoms with van der Waals surface area (Å²) in [5.41, 5.74) is 2.57. The number of fused-ring (bicyclic) bond motifs is 1. The van der Waals surface area contributed by atoms with Gasteiger partial charge in [0.1, 0.15) is 11.9 Å². The molecule has 0 fully saturated rings. The lowest BCUT2D eigenvalue weighted by molar-refractivity contribution is 0.138. The first-order valence-electron chi connectivity index (χ1n) is 6.43. The van der Waals surface area contributed by atoms with Crippen molar-refractivity contribution < 1.29 is 9.84 Å². The fraction of sp³-hybridized carbons (Fsp3) is 0.467. The first-order valence-corrected chi connectivity index (χ1v) is 6.43. The van der Waals surface area contributed by atoms with E-state index in [4.69, 9.17) is 9.84 Å². The van der Waals surface area contributed by atoms with Gasteiger partial charge >= 0.3 is 0 Å². The third-order valence-corrected chi connectivity index (χ3v) is 3.22. The predicted molar refractivity (Wildman–Crippen MR) is 73.0 cm³/mol. The van der Waals surface area contributed by atoms with Gasteiger partial charge in [-0.3, -0.25) is 4.90 Å². The molecule has 1 heterocycles. The highest BCUT2D eigenvalue weighted by Gasteiger charge is 2.24. The lowest BCUT2D eigenvalue weighted by Gasteiger charge is -2.22. The first-order chi connectivity index (χ1) is 8.72. The monoisotopic (exact) mass is 247 g/mol. The van der Waals surface area contributed by atoms with Gasteiger partial charge in [-0.15, -0.1) is 6.58 Å². The van der Waals surface area contributed by atoms with E-state index >= 15 is 0 Å². The SMILES string of the molecule is C=CCN(CCO)CC1Cc2cc(C)ccc2O1. The Balaban J connectivity index is 1.95. The Bertz CT molecular complexity index is 417. The van der Waals surface area contributed by atoms with E-state index in [1.54, 1.807) is 0 Å². The second-order valence-corrected chi connectivity index (χ2v) is 4.83. The standard InChI is InChI=1S/C15H21NO2/c1-3-6-16(7-8-17)11-14-10-13-9-12(2)4-5-15(13)18-14/h3-5,9,14,17H,1,6-8,10-11H2,2H3. The van der Waals surface area contributed by atoms with Gasteiger partial charge < -0.3 is 9.84 Å². The highest BCUT2D eigenvalue weighted by Crippen LogP contribution is 2.29. The molecule has 2 rings (SSSR count). The normalized spacial score (nSPS) is 17.6. The summed E-state index contributed by atoms with van der Waals surface area (Å²) in [6, 6.07) is 6.32. The molecule has 1 aromatic rings. The number of rotatable bonds is 6. The van der Waals surface area contributed by atoms with Gasteiger partial charge in [-0.25, -0.2) is 0 Å². The Kier molecular flexibility index (Phi) is 4.39. The van der Waals surface area contributed by atoms with Crippen LogP contribution in [0.15, 0.2) is 30.9 Å². The number of aliphatic hydroxyl groups is 1. The van der Waals surface area contributed by atoms with Crippen molar-refractivity contribution in [3.63, 3.8) is 0 Å². The van der Waals surface area contributed by atoms with Crippen molar-refractivity contribution in [2.45, 2.75) is 19.4 Å². The topological polar surface area (TPSA) is 32.7 Å². The van der Waals surface area contributed by atoms with Gasteiger partial charge in [-0.05, 0) is 18.6 Å². The molecule has 0 saturated carbocycles. The molecule has 0 spiro atoms. The average Bonchev–Trinajstić information content (AvgIpc) is 2.71. The van der Waals surface area contributed by atoms with Crippen molar-refractivity contribution in [3.8, 4) is 5.75 Å². The third kappa shape index (κ3) is 3.12. The minimum atomic E-state index is 0.173. The van der Waals surface area contributed by atoms with Crippen LogP contribution in [0, 0.1) is 6.92 Å². The van der Waals surface area contributed by atoms with E-state index in [-0.39, 0.29) is 12.7 Å². The van der Waals surface area contributed by atoms with Crippen LogP contribution in [-0.2, 0) is 6.42 Å². The second-order valence-electron chi connectivity index (χ2n) is 4.83. The van der Waals surface area contributed by atoms with Crippen LogP contribution in [0.2, 0.25) is 0 Å². The molecular formula is C15H21NO2. The summed E-state index contributed by atoms with van der Waals surface area (Å²) < 4.78 is 5.93. The molecule has 1 aliphatic rings. The molecule has 3 heteroatoms. The van der Waals surface area contributed by atoms with Crippen LogP contribution in [-0.4, -0.2) is 42.4 Å². The van der Waals surface area contributed by atoms with Crippen LogP contribution in [0.3, 0.4) is 0 Å². The van der Waals surface area contributed by atoms with E-state index in [2.05, 4.69) is 36.6 Å². The van der Waals surface area contributed by atoms with Crippen molar-refractivity contribution >= 4 is 0 Å². The van der Waals surface area contributed by atoms with E-state index in [0.717, 1.165) is 25.3 Å². The molecule has 0 aromatic heterocycles. The molecule has 1 unspecified atom stereocenters. The summed E-state index contributed by atoms with van der Waals surface area (Å²) in [5, 5.41) is 9.03. The van der Waals surface area contributed by atoms with Crippen molar-refractivity contribution in [1.29, 1.82) is 0 Å². The Morgan fingerprint density at radius 2 is 2.39 bits per heavy atom. The lowest BCUT2D eigenvalue weighted by Crippen LogP contribution is -2.36. The third-order valence-electron chi connectivity index (χ3n) is 3.22. The summed E-state index contributed by atoms with van der Waals surface area (Å²) in [6.45, 7) is 8.31. The van der Waals surface area contributed by atoms with Crippen LogP contribution < -0.4 is 4.74 Å². The summed E-state index contributed by atoms with van der Waals surface area (Å²) in [6.07, 6.45) is 3.01. The Morgan fingerprint density at radius 1 is 1.56 bits per heavy atom. The number of benzene rings is 1. The molecule has 1 atom stereocenters. The number of ether oxygens (including phenoxy) is 1. The molecule has 0 radical (unpaired) electrons. The molecular weight excluding hydrogens is 226 g/mol. The van der Waals surface area contributed by atoms with Crippen molar-refractivity contribution in [2.24, 2.45) is 0 Å². The van der Waals surface area contributed by atoms with E-state index in [0.29, 0.717) is 6.54 Å². The second kappa shape index (κ2) is 6.03. The van der Waals surface area contributed by atoms with E-state index < -0.39 is 0 Å². The van der Waals surface area contributed by atoms with Gasteiger partial charge in [0.05, 0.1) is 6.61 Å². The lowest BCUT2D eigenvalue weighted by atomic mass is 10.1. The maximum atomic E-state index is 9.03. The summed E-state index contributed by atoms with van der Waals surface area (Å²) in [4.78, 5) is 2.16. The average molecular weight is 247 g/mol. The molecule has 98 valence electrons. The molecule has 1 aliphatic heterocycles. The number of aryl methyl sites for hydroxylation is 1. The van der Waals surface area contributed by atoms with E-state index in [9.17, 15) is 0 Å². The fourth-order valence-electron chi connectivity index (χ4n) is 2.42. The van der Waals surface area contributed by atoms with Crippen molar-refractivity contribution in [1.82, 2.24) is 4.90 Å². The molecule has 0 bridgehead atoms. The van der Waals surface area contributed by atoms with Gasteiger partial charge in [0, 0.05) is 26.1 Å². The zero-order valence-corrected chi connectivity index (χ0v) is 10.9. The smallest absolute Gasteiger partial charge is 0.123 e. The molecule has 3 nitrogen and oxygen atoms in total. The zero-order valence-electron chi connectivity index (χ0n) is 10.9. The largest absolute Gasteiger partial charge is 0.488 e. The number of nitrogens with zero attached hydrogens (tertiary/aromatic N) is 1. The van der Waals surface area contributed by atoms with Gasteiger partial charge in [0.15, 0.2) is 0 Å². The van der Waals surface area contributed by atoms with Crippen LogP contribution in [0.5, 0.6) is 5.75 Å². The molecule has 18 heavy (non-hydrogen) atoms. The van der Waals surface area contributed by atoms with Gasteiger partial charge in [0.25, 0.3) is 0 Å².